The zero-order chi connectivity index (χ0) is 15.8. The van der Waals surface area contributed by atoms with Gasteiger partial charge >= 0.3 is 5.97 Å². The topological polar surface area (TPSA) is 63.2 Å². The number of carbonyl (C=O) groups is 1. The van der Waals surface area contributed by atoms with Crippen LogP contribution < -0.4 is 9.47 Å². The van der Waals surface area contributed by atoms with E-state index in [9.17, 15) is 4.79 Å². The summed E-state index contributed by atoms with van der Waals surface area (Å²) in [5.74, 6) is 0.370. The molecule has 0 saturated heterocycles. The number of rotatable bonds is 8. The number of methoxy groups -OCH3 is 2. The second kappa shape index (κ2) is 8.86. The molecule has 0 fully saturated rings. The Morgan fingerprint density at radius 3 is 2.38 bits per heavy atom. The lowest BCUT2D eigenvalue weighted by atomic mass is 10.1. The molecule has 0 N–H and O–H groups in total. The Balaban J connectivity index is 3.27. The van der Waals surface area contributed by atoms with E-state index in [1.165, 1.54) is 14.2 Å². The van der Waals surface area contributed by atoms with E-state index in [1.807, 2.05) is 0 Å². The highest BCUT2D eigenvalue weighted by Crippen LogP contribution is 2.40. The van der Waals surface area contributed by atoms with Gasteiger partial charge in [0.2, 0.25) is 0 Å². The molecule has 0 bridgehead atoms. The molecule has 1 aromatic carbocycles. The zero-order valence-electron chi connectivity index (χ0n) is 12.5. The van der Waals surface area contributed by atoms with Crippen LogP contribution >= 0.6 is 15.9 Å². The predicted octanol–water partition coefficient (Wildman–Crippen LogP) is 2.90. The molecule has 0 saturated carbocycles. The summed E-state index contributed by atoms with van der Waals surface area (Å²) in [6, 6.07) is 1.72. The summed E-state index contributed by atoms with van der Waals surface area (Å²) >= 11 is 3.38. The van der Waals surface area contributed by atoms with Crippen molar-refractivity contribution in [1.82, 2.24) is 0 Å². The molecule has 1 rings (SSSR count). The molecule has 0 unspecified atom stereocenters. The van der Waals surface area contributed by atoms with Crippen molar-refractivity contribution in [3.63, 3.8) is 0 Å². The van der Waals surface area contributed by atoms with Gasteiger partial charge in [-0.2, -0.15) is 0 Å². The van der Waals surface area contributed by atoms with Crippen LogP contribution in [0.3, 0.4) is 0 Å². The van der Waals surface area contributed by atoms with Crippen molar-refractivity contribution in [3.8, 4) is 11.5 Å². The minimum absolute atomic E-state index is 0.00181. The molecule has 0 aliphatic rings. The molecule has 0 radical (unpaired) electrons. The Hall–Kier alpha value is -1.31. The first-order valence-electron chi connectivity index (χ1n) is 6.30. The molecule has 6 nitrogen and oxygen atoms in total. The number of hydrogen-bond donors (Lipinski definition) is 0. The van der Waals surface area contributed by atoms with Gasteiger partial charge in [-0.25, -0.2) is 4.79 Å². The van der Waals surface area contributed by atoms with E-state index in [0.29, 0.717) is 27.1 Å². The smallest absolute Gasteiger partial charge is 0.342 e. The first-order valence-corrected chi connectivity index (χ1v) is 7.09. The van der Waals surface area contributed by atoms with Crippen molar-refractivity contribution in [3.05, 3.63) is 21.7 Å². The van der Waals surface area contributed by atoms with Crippen molar-refractivity contribution < 1.29 is 28.5 Å². The average Bonchev–Trinajstić information content (AvgIpc) is 2.46. The summed E-state index contributed by atoms with van der Waals surface area (Å²) in [4.78, 5) is 12.1. The molecule has 0 amide bonds. The summed E-state index contributed by atoms with van der Waals surface area (Å²) in [7, 11) is 3.02. The van der Waals surface area contributed by atoms with Crippen molar-refractivity contribution in [2.45, 2.75) is 13.8 Å². The summed E-state index contributed by atoms with van der Waals surface area (Å²) in [6.07, 6.45) is 0. The molecule has 0 atom stereocenters. The minimum atomic E-state index is -0.458. The zero-order valence-corrected chi connectivity index (χ0v) is 14.1. The van der Waals surface area contributed by atoms with Gasteiger partial charge in [-0.05, 0) is 41.4 Å². The fraction of sp³-hybridized carbons (Fsp3) is 0.500. The molecule has 21 heavy (non-hydrogen) atoms. The third kappa shape index (κ3) is 4.59. The van der Waals surface area contributed by atoms with Gasteiger partial charge in [0.25, 0.3) is 0 Å². The Morgan fingerprint density at radius 2 is 1.81 bits per heavy atom. The van der Waals surface area contributed by atoms with Crippen LogP contribution in [0.4, 0.5) is 0 Å². The van der Waals surface area contributed by atoms with Gasteiger partial charge in [-0.15, -0.1) is 0 Å². The van der Waals surface area contributed by atoms with E-state index in [1.54, 1.807) is 19.9 Å². The van der Waals surface area contributed by atoms with Crippen molar-refractivity contribution in [2.75, 3.05) is 34.4 Å². The fourth-order valence-corrected chi connectivity index (χ4v) is 2.21. The Labute approximate surface area is 132 Å². The molecule has 0 aliphatic carbocycles. The van der Waals surface area contributed by atoms with Crippen LogP contribution in [0.5, 0.6) is 11.5 Å². The Kier molecular flexibility index (Phi) is 7.49. The third-order valence-electron chi connectivity index (χ3n) is 2.52. The van der Waals surface area contributed by atoms with Crippen LogP contribution in [0.15, 0.2) is 10.5 Å². The normalized spacial score (nSPS) is 10.3. The molecule has 1 aromatic rings. The highest BCUT2D eigenvalue weighted by Gasteiger charge is 2.23. The van der Waals surface area contributed by atoms with Crippen LogP contribution in [-0.4, -0.2) is 40.4 Å². The van der Waals surface area contributed by atoms with E-state index in [4.69, 9.17) is 23.7 Å². The maximum Gasteiger partial charge on any atom is 0.342 e. The lowest BCUT2D eigenvalue weighted by molar-refractivity contribution is 0.0408. The molecule has 0 aromatic heterocycles. The number of halogens is 1. The first-order chi connectivity index (χ1) is 10.1. The quantitative estimate of drug-likeness (QED) is 0.523. The van der Waals surface area contributed by atoms with E-state index < -0.39 is 5.97 Å². The Bertz CT molecular complexity index is 489. The van der Waals surface area contributed by atoms with E-state index in [0.717, 1.165) is 0 Å². The summed E-state index contributed by atoms with van der Waals surface area (Å²) in [5, 5.41) is 0. The number of benzene rings is 1. The Morgan fingerprint density at radius 1 is 1.19 bits per heavy atom. The lowest BCUT2D eigenvalue weighted by Gasteiger charge is -2.17. The monoisotopic (exact) mass is 362 g/mol. The van der Waals surface area contributed by atoms with Crippen LogP contribution in [0.25, 0.3) is 0 Å². The van der Waals surface area contributed by atoms with E-state index in [-0.39, 0.29) is 20.2 Å². The molecule has 7 heteroatoms. The van der Waals surface area contributed by atoms with E-state index in [2.05, 4.69) is 15.9 Å². The number of carbonyl (C=O) groups excluding carboxylic acids is 1. The van der Waals surface area contributed by atoms with Crippen LogP contribution in [0.2, 0.25) is 0 Å². The van der Waals surface area contributed by atoms with Crippen molar-refractivity contribution in [1.29, 1.82) is 0 Å². The molecule has 118 valence electrons. The number of hydrogen-bond acceptors (Lipinski definition) is 6. The van der Waals surface area contributed by atoms with Gasteiger partial charge in [0, 0.05) is 14.2 Å². The van der Waals surface area contributed by atoms with Gasteiger partial charge in [-0.1, -0.05) is 0 Å². The van der Waals surface area contributed by atoms with Crippen LogP contribution in [0.1, 0.15) is 22.8 Å². The molecule has 0 spiro atoms. The maximum absolute atomic E-state index is 12.1. The predicted molar refractivity (Wildman–Crippen MR) is 79.8 cm³/mol. The average molecular weight is 363 g/mol. The third-order valence-corrected chi connectivity index (χ3v) is 3.27. The second-order valence-corrected chi connectivity index (χ2v) is 4.82. The minimum Gasteiger partial charge on any atom is -0.466 e. The first kappa shape index (κ1) is 17.7. The van der Waals surface area contributed by atoms with Gasteiger partial charge in [0.05, 0.1) is 6.61 Å². The largest absolute Gasteiger partial charge is 0.466 e. The standard InChI is InChI=1S/C14H19BrO6/c1-5-19-14(16)11-9(2)6-10(20-7-17-3)12(15)13(11)21-8-18-4/h6H,5,7-8H2,1-4H3. The molecular weight excluding hydrogens is 344 g/mol. The van der Waals surface area contributed by atoms with Crippen LogP contribution in [0, 0.1) is 6.92 Å². The van der Waals surface area contributed by atoms with Crippen LogP contribution in [-0.2, 0) is 14.2 Å². The van der Waals surface area contributed by atoms with E-state index >= 15 is 0 Å². The maximum atomic E-state index is 12.1. The molecule has 0 heterocycles. The molecule has 0 aliphatic heterocycles. The van der Waals surface area contributed by atoms with Gasteiger partial charge in [0.15, 0.2) is 19.3 Å². The fourth-order valence-electron chi connectivity index (χ4n) is 1.67. The number of ether oxygens (including phenoxy) is 5. The number of esters is 1. The highest BCUT2D eigenvalue weighted by atomic mass is 79.9. The SMILES string of the molecule is CCOC(=O)c1c(C)cc(OCOC)c(Br)c1OCOC. The second-order valence-electron chi connectivity index (χ2n) is 4.03. The summed E-state index contributed by atoms with van der Waals surface area (Å²) in [6.45, 7) is 3.88. The molecular formula is C14H19BrO6. The van der Waals surface area contributed by atoms with Crippen molar-refractivity contribution in [2.24, 2.45) is 0 Å². The van der Waals surface area contributed by atoms with Gasteiger partial charge < -0.3 is 23.7 Å². The summed E-state index contributed by atoms with van der Waals surface area (Å²) < 4.78 is 26.3. The highest BCUT2D eigenvalue weighted by molar-refractivity contribution is 9.10. The summed E-state index contributed by atoms with van der Waals surface area (Å²) in [5.41, 5.74) is 1.01. The van der Waals surface area contributed by atoms with Gasteiger partial charge in [0.1, 0.15) is 15.8 Å². The lowest BCUT2D eigenvalue weighted by Crippen LogP contribution is -2.12. The van der Waals surface area contributed by atoms with Gasteiger partial charge in [-0.3, -0.25) is 0 Å². The number of aryl methyl sites for hydroxylation is 1. The van der Waals surface area contributed by atoms with Crippen molar-refractivity contribution >= 4 is 21.9 Å².